The molecule has 41 heavy (non-hydrogen) atoms. The van der Waals surface area contributed by atoms with Gasteiger partial charge in [0.15, 0.2) is 0 Å². The zero-order valence-electron chi connectivity index (χ0n) is 22.2. The van der Waals surface area contributed by atoms with E-state index in [9.17, 15) is 24.8 Å². The van der Waals surface area contributed by atoms with Crippen molar-refractivity contribution in [2.24, 2.45) is 5.92 Å². The van der Waals surface area contributed by atoms with Crippen LogP contribution in [-0.4, -0.2) is 72.9 Å². The number of carbonyl (C=O) groups is 3. The molecular weight excluding hydrogens is 522 g/mol. The van der Waals surface area contributed by atoms with Gasteiger partial charge in [-0.25, -0.2) is 9.78 Å². The Kier molecular flexibility index (Phi) is 5.87. The van der Waals surface area contributed by atoms with Crippen LogP contribution in [0.1, 0.15) is 35.2 Å². The number of imide groups is 1. The smallest absolute Gasteiger partial charge is 0.320 e. The topological polar surface area (TPSA) is 136 Å². The van der Waals surface area contributed by atoms with Crippen molar-refractivity contribution in [2.45, 2.75) is 25.9 Å². The molecule has 6 heterocycles. The highest BCUT2D eigenvalue weighted by Crippen LogP contribution is 2.38. The maximum Gasteiger partial charge on any atom is 0.320 e. The largest absolute Gasteiger partial charge is 0.396 e. The van der Waals surface area contributed by atoms with Crippen molar-refractivity contribution >= 4 is 45.5 Å². The van der Waals surface area contributed by atoms with E-state index in [-0.39, 0.29) is 29.7 Å². The minimum absolute atomic E-state index is 0.0544. The van der Waals surface area contributed by atoms with E-state index < -0.39 is 11.8 Å². The van der Waals surface area contributed by atoms with Crippen molar-refractivity contribution in [3.05, 3.63) is 71.3 Å². The molecule has 0 bridgehead atoms. The zero-order valence-corrected chi connectivity index (χ0v) is 22.2. The minimum atomic E-state index is -0.501. The Morgan fingerprint density at radius 3 is 2.66 bits per heavy atom. The number of fused-ring (bicyclic) bond motifs is 1. The van der Waals surface area contributed by atoms with Crippen molar-refractivity contribution in [2.75, 3.05) is 26.2 Å². The van der Waals surface area contributed by atoms with E-state index in [1.54, 1.807) is 33.8 Å². The Morgan fingerprint density at radius 1 is 1.07 bits per heavy atom. The highest BCUT2D eigenvalue weighted by molar-refractivity contribution is 6.49. The average molecular weight is 550 g/mol. The molecule has 3 aromatic heterocycles. The summed E-state index contributed by atoms with van der Waals surface area (Å²) in [7, 11) is 0. The van der Waals surface area contributed by atoms with Crippen molar-refractivity contribution in [3.63, 3.8) is 0 Å². The van der Waals surface area contributed by atoms with Crippen LogP contribution < -0.4 is 5.32 Å². The molecule has 0 saturated carbocycles. The fourth-order valence-corrected chi connectivity index (χ4v) is 6.35. The number of amides is 4. The number of rotatable bonds is 3. The zero-order chi connectivity index (χ0) is 28.2. The summed E-state index contributed by atoms with van der Waals surface area (Å²) in [5.74, 6) is -0.769. The normalized spacial score (nSPS) is 17.9. The summed E-state index contributed by atoms with van der Waals surface area (Å²) in [5, 5.41) is 22.5. The Labute approximate surface area is 234 Å². The van der Waals surface area contributed by atoms with Crippen LogP contribution in [0.3, 0.4) is 0 Å². The van der Waals surface area contributed by atoms with Crippen LogP contribution in [0.5, 0.6) is 0 Å². The summed E-state index contributed by atoms with van der Waals surface area (Å²) in [6, 6.07) is 11.2. The van der Waals surface area contributed by atoms with Crippen LogP contribution in [0, 0.1) is 17.2 Å². The summed E-state index contributed by atoms with van der Waals surface area (Å²) in [6.07, 6.45) is 6.79. The lowest BCUT2D eigenvalue weighted by Gasteiger charge is -2.35. The summed E-state index contributed by atoms with van der Waals surface area (Å²) in [5.41, 5.74) is 4.25. The number of likely N-dealkylation sites (tertiary alicyclic amines) is 1. The van der Waals surface area contributed by atoms with Gasteiger partial charge in [-0.2, -0.15) is 5.26 Å². The Hall–Kier alpha value is -4.95. The number of urea groups is 1. The van der Waals surface area contributed by atoms with Gasteiger partial charge in [0, 0.05) is 62.7 Å². The third-order valence-corrected chi connectivity index (χ3v) is 8.44. The maximum absolute atomic E-state index is 13.5. The Bertz CT molecular complexity index is 1830. The maximum atomic E-state index is 13.5. The molecule has 0 radical (unpaired) electrons. The van der Waals surface area contributed by atoms with Gasteiger partial charge in [-0.3, -0.25) is 19.3 Å². The summed E-state index contributed by atoms with van der Waals surface area (Å²) >= 11 is 0. The molecule has 0 atom stereocenters. The van der Waals surface area contributed by atoms with E-state index in [0.717, 1.165) is 23.9 Å². The summed E-state index contributed by atoms with van der Waals surface area (Å²) in [6.45, 7) is 2.60. The molecule has 3 aliphatic rings. The fourth-order valence-electron chi connectivity index (χ4n) is 6.35. The lowest BCUT2D eigenvalue weighted by atomic mass is 9.96. The molecule has 11 nitrogen and oxygen atoms in total. The molecule has 1 saturated heterocycles. The second-order valence-electron chi connectivity index (χ2n) is 10.8. The molecule has 1 fully saturated rings. The molecule has 3 aliphatic heterocycles. The predicted molar refractivity (Wildman–Crippen MR) is 149 cm³/mol. The second-order valence-corrected chi connectivity index (χ2v) is 10.8. The molecular formula is C30H27N7O4. The third kappa shape index (κ3) is 3.98. The second kappa shape index (κ2) is 9.60. The third-order valence-electron chi connectivity index (χ3n) is 8.44. The number of imidazole rings is 1. The van der Waals surface area contributed by atoms with Gasteiger partial charge in [-0.15, -0.1) is 0 Å². The number of aliphatic hydroxyl groups is 1. The van der Waals surface area contributed by atoms with Crippen LogP contribution in [0.25, 0.3) is 27.7 Å². The number of carbonyl (C=O) groups excluding carboxylic acids is 3. The van der Waals surface area contributed by atoms with Crippen molar-refractivity contribution in [1.82, 2.24) is 29.1 Å². The molecule has 4 aromatic rings. The number of aliphatic hydroxyl groups excluding tert-OH is 1. The first-order valence-corrected chi connectivity index (χ1v) is 13.7. The van der Waals surface area contributed by atoms with E-state index in [2.05, 4.69) is 16.4 Å². The van der Waals surface area contributed by atoms with Crippen LogP contribution in [-0.2, 0) is 22.7 Å². The number of benzene rings is 1. The number of nitriles is 1. The van der Waals surface area contributed by atoms with Crippen LogP contribution >= 0.6 is 0 Å². The molecule has 0 unspecified atom stereocenters. The van der Waals surface area contributed by atoms with Gasteiger partial charge in [-0.05, 0) is 48.6 Å². The van der Waals surface area contributed by atoms with E-state index in [0.29, 0.717) is 60.6 Å². The van der Waals surface area contributed by atoms with Crippen molar-refractivity contribution in [1.29, 1.82) is 5.26 Å². The quantitative estimate of drug-likeness (QED) is 0.377. The minimum Gasteiger partial charge on any atom is -0.396 e. The van der Waals surface area contributed by atoms with Gasteiger partial charge in [0.25, 0.3) is 11.8 Å². The SMILES string of the molecule is N#Cc1cc2c3c(c1)c(C1=C(c4cnc5ccccn45)C(=O)NC1=O)cn3CCN(C(=O)N1CCC(CO)CC1)C2. The van der Waals surface area contributed by atoms with Gasteiger partial charge >= 0.3 is 6.03 Å². The molecule has 206 valence electrons. The first-order valence-electron chi connectivity index (χ1n) is 13.7. The molecule has 11 heteroatoms. The van der Waals surface area contributed by atoms with Gasteiger partial charge in [0.2, 0.25) is 0 Å². The van der Waals surface area contributed by atoms with Crippen molar-refractivity contribution in [3.8, 4) is 6.07 Å². The lowest BCUT2D eigenvalue weighted by molar-refractivity contribution is -0.122. The van der Waals surface area contributed by atoms with E-state index >= 15 is 0 Å². The number of pyridine rings is 1. The molecule has 0 aliphatic carbocycles. The Balaban J connectivity index is 1.33. The van der Waals surface area contributed by atoms with Crippen LogP contribution in [0.15, 0.2) is 48.9 Å². The van der Waals surface area contributed by atoms with E-state index in [1.807, 2.05) is 33.9 Å². The van der Waals surface area contributed by atoms with Gasteiger partial charge in [0.1, 0.15) is 5.65 Å². The average Bonchev–Trinajstić information content (AvgIpc) is 3.62. The molecule has 4 amide bonds. The molecule has 0 spiro atoms. The monoisotopic (exact) mass is 549 g/mol. The van der Waals surface area contributed by atoms with Crippen molar-refractivity contribution < 1.29 is 19.5 Å². The van der Waals surface area contributed by atoms with E-state index in [1.165, 1.54) is 0 Å². The first-order chi connectivity index (χ1) is 20.0. The van der Waals surface area contributed by atoms with E-state index in [4.69, 9.17) is 0 Å². The number of nitrogens with zero attached hydrogens (tertiary/aromatic N) is 6. The van der Waals surface area contributed by atoms with Crippen LogP contribution in [0.2, 0.25) is 0 Å². The van der Waals surface area contributed by atoms with Gasteiger partial charge < -0.3 is 19.5 Å². The lowest BCUT2D eigenvalue weighted by Crippen LogP contribution is -2.47. The van der Waals surface area contributed by atoms with Gasteiger partial charge in [-0.1, -0.05) is 6.07 Å². The van der Waals surface area contributed by atoms with Crippen LogP contribution in [0.4, 0.5) is 4.79 Å². The summed E-state index contributed by atoms with van der Waals surface area (Å²) in [4.78, 5) is 48.0. The predicted octanol–water partition coefficient (Wildman–Crippen LogP) is 2.37. The highest BCUT2D eigenvalue weighted by atomic mass is 16.3. The first kappa shape index (κ1) is 25.0. The molecule has 1 aromatic carbocycles. The molecule has 2 N–H and O–H groups in total. The summed E-state index contributed by atoms with van der Waals surface area (Å²) < 4.78 is 3.79. The standard InChI is InChI=1S/C30H27N7O4/c31-13-19-11-20-15-36(30(41)34-7-4-18(17-38)5-8-34)10-9-35-16-22(21(12-19)27(20)35)25-26(29(40)33-28(25)39)23-14-32-24-3-1-2-6-37(23)24/h1-3,6,11-12,14,16,18,38H,4-5,7-10,15,17H2,(H,33,39,40). The number of piperidine rings is 1. The number of hydrogen-bond acceptors (Lipinski definition) is 6. The number of nitrogens with one attached hydrogen (secondary N) is 1. The Morgan fingerprint density at radius 2 is 1.88 bits per heavy atom. The van der Waals surface area contributed by atoms with Gasteiger partial charge in [0.05, 0.1) is 40.2 Å². The fraction of sp³-hybridized carbons (Fsp3) is 0.300. The number of aromatic nitrogens is 3. The number of hydrogen-bond donors (Lipinski definition) is 2. The molecule has 7 rings (SSSR count). The highest BCUT2D eigenvalue weighted by Gasteiger charge is 2.36.